The molecule has 0 atom stereocenters. The summed E-state index contributed by atoms with van der Waals surface area (Å²) in [6.45, 7) is 0.270. The summed E-state index contributed by atoms with van der Waals surface area (Å²) in [5.41, 5.74) is 6.21. The highest BCUT2D eigenvalue weighted by atomic mass is 35.5. The van der Waals surface area contributed by atoms with Crippen LogP contribution in [0.2, 0.25) is 0 Å². The SMILES string of the molecule is Cl.NCc1nc(C(=O)Nc2ccc(F)c(NC(=O)C3CCCCC3)c2)cs1. The second-order valence-corrected chi connectivity index (χ2v) is 7.25. The summed E-state index contributed by atoms with van der Waals surface area (Å²) in [6.07, 6.45) is 4.85. The Bertz CT molecular complexity index is 808. The number of nitrogens with one attached hydrogen (secondary N) is 2. The van der Waals surface area contributed by atoms with Crippen LogP contribution in [0.4, 0.5) is 15.8 Å². The van der Waals surface area contributed by atoms with Crippen molar-refractivity contribution < 1.29 is 14.0 Å². The minimum Gasteiger partial charge on any atom is -0.325 e. The van der Waals surface area contributed by atoms with E-state index in [2.05, 4.69) is 15.6 Å². The molecule has 146 valence electrons. The zero-order valence-corrected chi connectivity index (χ0v) is 16.3. The molecular weight excluding hydrogens is 391 g/mol. The van der Waals surface area contributed by atoms with E-state index in [-0.39, 0.29) is 42.2 Å². The quantitative estimate of drug-likeness (QED) is 0.692. The highest BCUT2D eigenvalue weighted by Crippen LogP contribution is 2.26. The zero-order chi connectivity index (χ0) is 18.5. The minimum atomic E-state index is -0.536. The number of nitrogens with zero attached hydrogens (tertiary/aromatic N) is 1. The number of hydrogen-bond donors (Lipinski definition) is 3. The normalized spacial score (nSPS) is 14.3. The summed E-state index contributed by atoms with van der Waals surface area (Å²) < 4.78 is 14.1. The van der Waals surface area contributed by atoms with Crippen molar-refractivity contribution in [1.29, 1.82) is 0 Å². The Morgan fingerprint density at radius 2 is 1.96 bits per heavy atom. The van der Waals surface area contributed by atoms with Crippen molar-refractivity contribution in [1.82, 2.24) is 4.98 Å². The number of halogens is 2. The third kappa shape index (κ3) is 5.47. The molecule has 0 saturated heterocycles. The predicted molar refractivity (Wildman–Crippen MR) is 107 cm³/mol. The van der Waals surface area contributed by atoms with E-state index < -0.39 is 11.7 Å². The van der Waals surface area contributed by atoms with Gasteiger partial charge < -0.3 is 16.4 Å². The molecule has 0 unspecified atom stereocenters. The number of anilines is 2. The molecule has 1 fully saturated rings. The molecule has 0 bridgehead atoms. The second kappa shape index (κ2) is 9.77. The minimum absolute atomic E-state index is 0. The van der Waals surface area contributed by atoms with Gasteiger partial charge in [0.25, 0.3) is 5.91 Å². The van der Waals surface area contributed by atoms with Gasteiger partial charge in [0.15, 0.2) is 0 Å². The Balaban J connectivity index is 0.00000261. The number of thiazole rings is 1. The molecule has 1 aromatic heterocycles. The fraction of sp³-hybridized carbons (Fsp3) is 0.389. The highest BCUT2D eigenvalue weighted by molar-refractivity contribution is 7.09. The number of rotatable bonds is 5. The first-order valence-corrected chi connectivity index (χ1v) is 9.51. The zero-order valence-electron chi connectivity index (χ0n) is 14.7. The topological polar surface area (TPSA) is 97.1 Å². The standard InChI is InChI=1S/C18H21FN4O2S.ClH/c19-13-7-6-12(21-18(25)15-10-26-16(9-20)22-15)8-14(13)23-17(24)11-4-2-1-3-5-11;/h6-8,10-11H,1-5,9,20H2,(H,21,25)(H,23,24);1H. The van der Waals surface area contributed by atoms with Crippen LogP contribution in [-0.2, 0) is 11.3 Å². The Kier molecular flexibility index (Phi) is 7.70. The summed E-state index contributed by atoms with van der Waals surface area (Å²) in [4.78, 5) is 28.7. The van der Waals surface area contributed by atoms with Crippen molar-refractivity contribution >= 4 is 46.9 Å². The molecule has 4 N–H and O–H groups in total. The van der Waals surface area contributed by atoms with Crippen LogP contribution >= 0.6 is 23.7 Å². The molecule has 0 spiro atoms. The molecule has 3 rings (SSSR count). The number of hydrogen-bond acceptors (Lipinski definition) is 5. The van der Waals surface area contributed by atoms with E-state index in [1.54, 1.807) is 5.38 Å². The van der Waals surface area contributed by atoms with Crippen LogP contribution in [0.25, 0.3) is 0 Å². The largest absolute Gasteiger partial charge is 0.325 e. The second-order valence-electron chi connectivity index (χ2n) is 6.30. The van der Waals surface area contributed by atoms with E-state index >= 15 is 0 Å². The maximum Gasteiger partial charge on any atom is 0.275 e. The Labute approximate surface area is 167 Å². The average molecular weight is 413 g/mol. The third-order valence-electron chi connectivity index (χ3n) is 4.42. The summed E-state index contributed by atoms with van der Waals surface area (Å²) in [5, 5.41) is 7.59. The monoisotopic (exact) mass is 412 g/mol. The highest BCUT2D eigenvalue weighted by Gasteiger charge is 2.22. The van der Waals surface area contributed by atoms with Crippen LogP contribution in [0.1, 0.15) is 47.6 Å². The van der Waals surface area contributed by atoms with E-state index in [0.717, 1.165) is 32.1 Å². The molecule has 0 radical (unpaired) electrons. The van der Waals surface area contributed by atoms with Crippen LogP contribution in [0, 0.1) is 11.7 Å². The lowest BCUT2D eigenvalue weighted by molar-refractivity contribution is -0.120. The lowest BCUT2D eigenvalue weighted by atomic mass is 9.88. The first-order chi connectivity index (χ1) is 12.6. The van der Waals surface area contributed by atoms with Gasteiger partial charge in [0.2, 0.25) is 5.91 Å². The number of benzene rings is 1. The molecule has 2 aromatic rings. The van der Waals surface area contributed by atoms with Crippen molar-refractivity contribution in [3.63, 3.8) is 0 Å². The molecule has 27 heavy (non-hydrogen) atoms. The van der Waals surface area contributed by atoms with Crippen LogP contribution < -0.4 is 16.4 Å². The number of carbonyl (C=O) groups excluding carboxylic acids is 2. The third-order valence-corrected chi connectivity index (χ3v) is 5.29. The van der Waals surface area contributed by atoms with Crippen LogP contribution in [0.15, 0.2) is 23.6 Å². The molecule has 1 aliphatic carbocycles. The van der Waals surface area contributed by atoms with Gasteiger partial charge in [0.1, 0.15) is 16.5 Å². The number of nitrogens with two attached hydrogens (primary N) is 1. The molecule has 2 amide bonds. The molecule has 1 aromatic carbocycles. The summed E-state index contributed by atoms with van der Waals surface area (Å²) in [6, 6.07) is 4.09. The average Bonchev–Trinajstić information content (AvgIpc) is 3.14. The molecule has 6 nitrogen and oxygen atoms in total. The predicted octanol–water partition coefficient (Wildman–Crippen LogP) is 3.93. The molecule has 0 aliphatic heterocycles. The molecule has 9 heteroatoms. The Hall–Kier alpha value is -2.03. The van der Waals surface area contributed by atoms with Gasteiger partial charge in [-0.2, -0.15) is 0 Å². The van der Waals surface area contributed by atoms with Gasteiger partial charge in [-0.05, 0) is 31.0 Å². The van der Waals surface area contributed by atoms with Gasteiger partial charge in [-0.15, -0.1) is 23.7 Å². The molecule has 1 aliphatic rings. The summed E-state index contributed by atoms with van der Waals surface area (Å²) in [7, 11) is 0. The van der Waals surface area contributed by atoms with E-state index in [0.29, 0.717) is 10.7 Å². The van der Waals surface area contributed by atoms with E-state index in [1.165, 1.54) is 29.5 Å². The van der Waals surface area contributed by atoms with E-state index in [9.17, 15) is 14.0 Å². The maximum absolute atomic E-state index is 14.1. The summed E-state index contributed by atoms with van der Waals surface area (Å²) >= 11 is 1.30. The van der Waals surface area contributed by atoms with Crippen molar-refractivity contribution in [3.05, 3.63) is 40.1 Å². The number of carbonyl (C=O) groups is 2. The molecule has 1 saturated carbocycles. The van der Waals surface area contributed by atoms with Gasteiger partial charge in [0.05, 0.1) is 5.69 Å². The van der Waals surface area contributed by atoms with Gasteiger partial charge in [0, 0.05) is 23.5 Å². The lowest BCUT2D eigenvalue weighted by Crippen LogP contribution is -2.25. The van der Waals surface area contributed by atoms with Crippen molar-refractivity contribution in [2.75, 3.05) is 10.6 Å². The number of amides is 2. The van der Waals surface area contributed by atoms with E-state index in [1.807, 2.05) is 0 Å². The van der Waals surface area contributed by atoms with Gasteiger partial charge >= 0.3 is 0 Å². The first-order valence-electron chi connectivity index (χ1n) is 8.63. The lowest BCUT2D eigenvalue weighted by Gasteiger charge is -2.21. The van der Waals surface area contributed by atoms with Gasteiger partial charge in [-0.1, -0.05) is 19.3 Å². The van der Waals surface area contributed by atoms with Crippen LogP contribution in [0.3, 0.4) is 0 Å². The van der Waals surface area contributed by atoms with Crippen molar-refractivity contribution in [2.45, 2.75) is 38.6 Å². The van der Waals surface area contributed by atoms with Gasteiger partial charge in [-0.3, -0.25) is 9.59 Å². The fourth-order valence-electron chi connectivity index (χ4n) is 3.00. The summed E-state index contributed by atoms with van der Waals surface area (Å²) in [5.74, 6) is -1.19. The van der Waals surface area contributed by atoms with E-state index in [4.69, 9.17) is 5.73 Å². The number of aromatic nitrogens is 1. The smallest absolute Gasteiger partial charge is 0.275 e. The maximum atomic E-state index is 14.1. The fourth-order valence-corrected chi connectivity index (χ4v) is 3.66. The van der Waals surface area contributed by atoms with Crippen LogP contribution in [-0.4, -0.2) is 16.8 Å². The van der Waals surface area contributed by atoms with Crippen molar-refractivity contribution in [2.24, 2.45) is 11.7 Å². The Morgan fingerprint density at radius 3 is 2.63 bits per heavy atom. The molecular formula is C18H22ClFN4O2S. The van der Waals surface area contributed by atoms with Gasteiger partial charge in [-0.25, -0.2) is 9.37 Å². The van der Waals surface area contributed by atoms with Crippen LogP contribution in [0.5, 0.6) is 0 Å². The van der Waals surface area contributed by atoms with Crippen molar-refractivity contribution in [3.8, 4) is 0 Å². The molecule has 1 heterocycles. The Morgan fingerprint density at radius 1 is 1.22 bits per heavy atom. The first kappa shape index (κ1) is 21.3.